The number of fused-ring (bicyclic) bond motifs is 2. The summed E-state index contributed by atoms with van der Waals surface area (Å²) in [5.74, 6) is 0.00860. The molecule has 0 spiro atoms. The van der Waals surface area contributed by atoms with E-state index in [4.69, 9.17) is 0 Å². The van der Waals surface area contributed by atoms with Crippen LogP contribution in [-0.4, -0.2) is 11.6 Å². The fraction of sp³-hybridized carbons (Fsp3) is 0. The first-order chi connectivity index (χ1) is 32.6. The minimum atomic E-state index is 0.00430. The Kier molecular flexibility index (Phi) is 10.6. The van der Waals surface area contributed by atoms with Crippen LogP contribution in [0.3, 0.4) is 0 Å². The lowest BCUT2D eigenvalue weighted by Crippen LogP contribution is -2.00. The second-order valence-electron chi connectivity index (χ2n) is 16.6. The van der Waals surface area contributed by atoms with Crippen molar-refractivity contribution in [3.8, 4) is 66.8 Å². The molecule has 0 saturated heterocycles. The zero-order chi connectivity index (χ0) is 44.4. The topological polar surface area (TPSA) is 34.1 Å². The van der Waals surface area contributed by atoms with Crippen LogP contribution in [0.15, 0.2) is 255 Å². The molecule has 0 aliphatic carbocycles. The number of ketones is 2. The Bertz CT molecular complexity index is 3320. The summed E-state index contributed by atoms with van der Waals surface area (Å²) in [6.45, 7) is 0. The molecule has 11 aromatic carbocycles. The summed E-state index contributed by atoms with van der Waals surface area (Å²) in [6.07, 6.45) is 0. The maximum absolute atomic E-state index is 13.4. The van der Waals surface area contributed by atoms with Crippen molar-refractivity contribution in [3.05, 3.63) is 277 Å². The predicted octanol–water partition coefficient (Wildman–Crippen LogP) is 16.5. The van der Waals surface area contributed by atoms with E-state index in [0.717, 1.165) is 88.3 Å². The van der Waals surface area contributed by atoms with E-state index in [1.54, 1.807) is 0 Å². The molecule has 0 bridgehead atoms. The van der Waals surface area contributed by atoms with E-state index in [9.17, 15) is 9.59 Å². The van der Waals surface area contributed by atoms with E-state index in [1.807, 2.05) is 84.9 Å². The Morgan fingerprint density at radius 3 is 0.864 bits per heavy atom. The predicted molar refractivity (Wildman–Crippen MR) is 274 cm³/mol. The molecule has 0 atom stereocenters. The molecule has 310 valence electrons. The fourth-order valence-electron chi connectivity index (χ4n) is 9.45. The molecule has 0 fully saturated rings. The van der Waals surface area contributed by atoms with Crippen molar-refractivity contribution in [3.63, 3.8) is 0 Å². The Balaban J connectivity index is 1.17. The Morgan fingerprint density at radius 2 is 0.500 bits per heavy atom. The van der Waals surface area contributed by atoms with Crippen molar-refractivity contribution in [2.24, 2.45) is 0 Å². The highest BCUT2D eigenvalue weighted by Crippen LogP contribution is 2.49. The van der Waals surface area contributed by atoms with Gasteiger partial charge in [0.1, 0.15) is 0 Å². The molecule has 0 aromatic heterocycles. The van der Waals surface area contributed by atoms with Gasteiger partial charge in [-0.25, -0.2) is 0 Å². The fourth-order valence-corrected chi connectivity index (χ4v) is 9.45. The van der Waals surface area contributed by atoms with Gasteiger partial charge in [-0.1, -0.05) is 243 Å². The zero-order valence-electron chi connectivity index (χ0n) is 36.1. The number of carbonyl (C=O) groups is 2. The van der Waals surface area contributed by atoms with Crippen LogP contribution in [0.25, 0.3) is 88.3 Å². The van der Waals surface area contributed by atoms with Gasteiger partial charge in [-0.2, -0.15) is 0 Å². The van der Waals surface area contributed by atoms with E-state index in [-0.39, 0.29) is 11.6 Å². The second kappa shape index (κ2) is 17.4. The Morgan fingerprint density at radius 1 is 0.212 bits per heavy atom. The van der Waals surface area contributed by atoms with Crippen LogP contribution in [-0.2, 0) is 0 Å². The van der Waals surface area contributed by atoms with Crippen LogP contribution < -0.4 is 0 Å². The summed E-state index contributed by atoms with van der Waals surface area (Å²) >= 11 is 0. The first-order valence-electron chi connectivity index (χ1n) is 22.3. The average Bonchev–Trinajstić information content (AvgIpc) is 3.40. The lowest BCUT2D eigenvalue weighted by atomic mass is 9.81. The lowest BCUT2D eigenvalue weighted by molar-refractivity contribution is 0.103. The third-order valence-corrected chi connectivity index (χ3v) is 12.7. The van der Waals surface area contributed by atoms with Crippen LogP contribution in [0.4, 0.5) is 0 Å². The van der Waals surface area contributed by atoms with Gasteiger partial charge in [0.05, 0.1) is 0 Å². The highest BCUT2D eigenvalue weighted by molar-refractivity contribution is 6.24. The molecule has 66 heavy (non-hydrogen) atoms. The van der Waals surface area contributed by atoms with Crippen molar-refractivity contribution in [2.45, 2.75) is 0 Å². The SMILES string of the molecule is O=C(c1ccccc1)c1ccc(-c2ccc3c(-c4ccccc4-c4ccccc4)c4cc(-c5ccc(C(=O)c6ccccc6)cc5)ccc4c(-c4ccccc4-c4ccccc4)c3c2)cc1. The molecular formula is C64H42O2. The van der Waals surface area contributed by atoms with Crippen molar-refractivity contribution in [2.75, 3.05) is 0 Å². The Labute approximate surface area is 384 Å². The van der Waals surface area contributed by atoms with Crippen LogP contribution in [0.1, 0.15) is 31.8 Å². The minimum Gasteiger partial charge on any atom is -0.289 e. The molecule has 0 aliphatic heterocycles. The first-order valence-corrected chi connectivity index (χ1v) is 22.3. The van der Waals surface area contributed by atoms with Crippen molar-refractivity contribution >= 4 is 33.1 Å². The molecule has 11 rings (SSSR count). The highest BCUT2D eigenvalue weighted by atomic mass is 16.1. The molecule has 2 nitrogen and oxygen atoms in total. The summed E-state index contributed by atoms with van der Waals surface area (Å²) in [4.78, 5) is 26.9. The van der Waals surface area contributed by atoms with Gasteiger partial charge in [-0.05, 0) is 100 Å². The van der Waals surface area contributed by atoms with E-state index < -0.39 is 0 Å². The minimum absolute atomic E-state index is 0.00430. The highest BCUT2D eigenvalue weighted by Gasteiger charge is 2.22. The molecule has 0 amide bonds. The van der Waals surface area contributed by atoms with E-state index in [1.165, 1.54) is 0 Å². The number of rotatable bonds is 10. The first kappa shape index (κ1) is 40.1. The van der Waals surface area contributed by atoms with Gasteiger partial charge in [0.15, 0.2) is 11.6 Å². The molecule has 2 heteroatoms. The molecule has 0 heterocycles. The van der Waals surface area contributed by atoms with Crippen LogP contribution in [0.2, 0.25) is 0 Å². The summed E-state index contributed by atoms with van der Waals surface area (Å²) in [6, 6.07) is 87.3. The van der Waals surface area contributed by atoms with Crippen molar-refractivity contribution < 1.29 is 9.59 Å². The van der Waals surface area contributed by atoms with Gasteiger partial charge in [0, 0.05) is 22.3 Å². The van der Waals surface area contributed by atoms with E-state index in [0.29, 0.717) is 22.3 Å². The summed E-state index contributed by atoms with van der Waals surface area (Å²) in [7, 11) is 0. The Hall–Kier alpha value is -8.72. The van der Waals surface area contributed by atoms with Gasteiger partial charge < -0.3 is 0 Å². The van der Waals surface area contributed by atoms with Crippen LogP contribution in [0, 0.1) is 0 Å². The second-order valence-corrected chi connectivity index (χ2v) is 16.6. The smallest absolute Gasteiger partial charge is 0.193 e. The molecule has 0 unspecified atom stereocenters. The quantitative estimate of drug-likeness (QED) is 0.102. The number of hydrogen-bond acceptors (Lipinski definition) is 2. The molecule has 0 radical (unpaired) electrons. The third-order valence-electron chi connectivity index (χ3n) is 12.7. The number of benzene rings is 11. The van der Waals surface area contributed by atoms with E-state index in [2.05, 4.69) is 170 Å². The average molecular weight is 843 g/mol. The van der Waals surface area contributed by atoms with Crippen molar-refractivity contribution in [1.82, 2.24) is 0 Å². The van der Waals surface area contributed by atoms with Crippen LogP contribution in [0.5, 0.6) is 0 Å². The molecule has 0 saturated carbocycles. The maximum Gasteiger partial charge on any atom is 0.193 e. The van der Waals surface area contributed by atoms with Gasteiger partial charge >= 0.3 is 0 Å². The molecule has 11 aromatic rings. The zero-order valence-corrected chi connectivity index (χ0v) is 36.1. The normalized spacial score (nSPS) is 11.2. The lowest BCUT2D eigenvalue weighted by Gasteiger charge is -2.22. The summed E-state index contributed by atoms with van der Waals surface area (Å²) < 4.78 is 0. The van der Waals surface area contributed by atoms with Crippen molar-refractivity contribution in [1.29, 1.82) is 0 Å². The standard InChI is InChI=1S/C64H42O2/c65-63(47-21-9-3-10-22-47)49-33-29-43(30-34-49)51-38-40-58-59(41-51)61(55-27-15-13-25-53(55)45-17-5-1-6-18-45)57-39-37-52(44-31-35-50(36-32-44)64(66)48-23-11-4-12-24-48)42-60(57)62(58)56-28-16-14-26-54(56)46-19-7-2-8-20-46/h1-42H. The van der Waals surface area contributed by atoms with Crippen LogP contribution >= 0.6 is 0 Å². The van der Waals surface area contributed by atoms with Gasteiger partial charge in [0.2, 0.25) is 0 Å². The number of carbonyl (C=O) groups excluding carboxylic acids is 2. The summed E-state index contributed by atoms with van der Waals surface area (Å²) in [5.41, 5.74) is 16.0. The van der Waals surface area contributed by atoms with Gasteiger partial charge in [-0.15, -0.1) is 0 Å². The molecule has 0 aliphatic rings. The monoisotopic (exact) mass is 842 g/mol. The molecule has 0 N–H and O–H groups in total. The molecular weight excluding hydrogens is 801 g/mol. The number of hydrogen-bond donors (Lipinski definition) is 0. The summed E-state index contributed by atoms with van der Waals surface area (Å²) in [5, 5.41) is 4.51. The third kappa shape index (κ3) is 7.51. The largest absolute Gasteiger partial charge is 0.289 e. The maximum atomic E-state index is 13.4. The van der Waals surface area contributed by atoms with Gasteiger partial charge in [-0.3, -0.25) is 9.59 Å². The van der Waals surface area contributed by atoms with E-state index >= 15 is 0 Å². The van der Waals surface area contributed by atoms with Gasteiger partial charge in [0.25, 0.3) is 0 Å².